The van der Waals surface area contributed by atoms with Crippen molar-refractivity contribution in [2.75, 3.05) is 0 Å². The molecule has 0 fully saturated rings. The van der Waals surface area contributed by atoms with Crippen LogP contribution in [0.4, 0.5) is 0 Å². The highest BCUT2D eigenvalue weighted by Crippen LogP contribution is 2.40. The highest BCUT2D eigenvalue weighted by atomic mass is 16.3. The first-order valence-corrected chi connectivity index (χ1v) is 14.5. The highest BCUT2D eigenvalue weighted by molar-refractivity contribution is 6.12. The van der Waals surface area contributed by atoms with E-state index in [1.54, 1.807) is 0 Å². The molecule has 0 bridgehead atoms. The second kappa shape index (κ2) is 9.75. The van der Waals surface area contributed by atoms with Gasteiger partial charge in [0.05, 0.1) is 5.56 Å². The fraction of sp³-hybridized carbons (Fsp3) is 0. The minimum absolute atomic E-state index is 0.554. The van der Waals surface area contributed by atoms with Crippen molar-refractivity contribution in [3.63, 3.8) is 0 Å². The van der Waals surface area contributed by atoms with Crippen LogP contribution >= 0.6 is 0 Å². The summed E-state index contributed by atoms with van der Waals surface area (Å²) in [6, 6.07) is 47.0. The normalized spacial score (nSPS) is 11.6. The monoisotopic (exact) mass is 565 g/mol. The smallest absolute Gasteiger partial charge is 0.167 e. The van der Waals surface area contributed by atoms with E-state index in [0.717, 1.165) is 71.7 Å². The van der Waals surface area contributed by atoms with Gasteiger partial charge < -0.3 is 8.83 Å². The van der Waals surface area contributed by atoms with Crippen molar-refractivity contribution in [3.8, 4) is 45.3 Å². The number of hydrogen-bond donors (Lipinski definition) is 0. The van der Waals surface area contributed by atoms with E-state index in [1.165, 1.54) is 0 Å². The highest BCUT2D eigenvalue weighted by Gasteiger charge is 2.20. The molecule has 0 aliphatic heterocycles. The Kier molecular flexibility index (Phi) is 5.43. The number of nitrogens with zero attached hydrogens (tertiary/aromatic N) is 3. The molecule has 0 spiro atoms. The van der Waals surface area contributed by atoms with E-state index in [0.29, 0.717) is 17.5 Å². The van der Waals surface area contributed by atoms with Gasteiger partial charge in [-0.3, -0.25) is 0 Å². The van der Waals surface area contributed by atoms with Crippen molar-refractivity contribution in [1.29, 1.82) is 0 Å². The van der Waals surface area contributed by atoms with Crippen molar-refractivity contribution in [2.24, 2.45) is 0 Å². The molecular formula is C39H23N3O2. The molecule has 0 saturated carbocycles. The summed E-state index contributed by atoms with van der Waals surface area (Å²) in [5.74, 6) is 1.77. The number of aromatic nitrogens is 3. The Morgan fingerprint density at radius 3 is 1.55 bits per heavy atom. The van der Waals surface area contributed by atoms with Crippen LogP contribution in [0, 0.1) is 0 Å². The molecule has 44 heavy (non-hydrogen) atoms. The molecule has 0 aliphatic rings. The number of rotatable bonds is 4. The summed E-state index contributed by atoms with van der Waals surface area (Å²) in [5.41, 5.74) is 8.05. The molecular weight excluding hydrogens is 542 g/mol. The van der Waals surface area contributed by atoms with Crippen molar-refractivity contribution in [3.05, 3.63) is 140 Å². The number of furan rings is 2. The van der Waals surface area contributed by atoms with Crippen molar-refractivity contribution in [2.45, 2.75) is 0 Å². The van der Waals surface area contributed by atoms with Crippen molar-refractivity contribution < 1.29 is 8.83 Å². The zero-order valence-electron chi connectivity index (χ0n) is 23.4. The van der Waals surface area contributed by atoms with E-state index < -0.39 is 0 Å². The second-order valence-corrected chi connectivity index (χ2v) is 10.8. The molecule has 3 aromatic heterocycles. The zero-order chi connectivity index (χ0) is 29.0. The summed E-state index contributed by atoms with van der Waals surface area (Å²) in [6.07, 6.45) is 0. The zero-order valence-corrected chi connectivity index (χ0v) is 23.4. The molecule has 9 aromatic rings. The Labute approximate surface area is 252 Å². The van der Waals surface area contributed by atoms with Gasteiger partial charge in [-0.05, 0) is 47.5 Å². The van der Waals surface area contributed by atoms with Gasteiger partial charge in [0.25, 0.3) is 0 Å². The van der Waals surface area contributed by atoms with Crippen LogP contribution in [-0.2, 0) is 0 Å². The van der Waals surface area contributed by atoms with Crippen LogP contribution in [0.2, 0.25) is 0 Å². The molecule has 0 atom stereocenters. The molecule has 6 aromatic carbocycles. The molecule has 0 radical (unpaired) electrons. The number of benzene rings is 6. The minimum atomic E-state index is 0.554. The van der Waals surface area contributed by atoms with Crippen LogP contribution in [0.25, 0.3) is 89.2 Å². The Morgan fingerprint density at radius 1 is 0.341 bits per heavy atom. The Bertz CT molecular complexity index is 2440. The summed E-state index contributed by atoms with van der Waals surface area (Å²) < 4.78 is 12.6. The summed E-state index contributed by atoms with van der Waals surface area (Å²) in [4.78, 5) is 15.0. The molecule has 206 valence electrons. The van der Waals surface area contributed by atoms with Gasteiger partial charge in [-0.25, -0.2) is 15.0 Å². The van der Waals surface area contributed by atoms with Crippen LogP contribution in [-0.4, -0.2) is 15.0 Å². The lowest BCUT2D eigenvalue weighted by atomic mass is 9.97. The molecule has 0 N–H and O–H groups in total. The van der Waals surface area contributed by atoms with Gasteiger partial charge in [-0.1, -0.05) is 103 Å². The first-order chi connectivity index (χ1) is 21.8. The van der Waals surface area contributed by atoms with Crippen LogP contribution < -0.4 is 0 Å². The molecule has 0 aliphatic carbocycles. The molecule has 3 heterocycles. The van der Waals surface area contributed by atoms with E-state index in [-0.39, 0.29) is 0 Å². The summed E-state index contributed by atoms with van der Waals surface area (Å²) >= 11 is 0. The van der Waals surface area contributed by atoms with Gasteiger partial charge in [-0.2, -0.15) is 0 Å². The minimum Gasteiger partial charge on any atom is -0.456 e. The lowest BCUT2D eigenvalue weighted by Crippen LogP contribution is -2.00. The molecule has 9 rings (SSSR count). The molecule has 5 heteroatoms. The van der Waals surface area contributed by atoms with E-state index in [4.69, 9.17) is 23.8 Å². The third kappa shape index (κ3) is 3.98. The number of fused-ring (bicyclic) bond motifs is 6. The number of hydrogen-bond acceptors (Lipinski definition) is 5. The first kappa shape index (κ1) is 24.5. The standard InChI is InChI=1S/C39H23N3O2/c1-3-11-24(12-4-1)37-40-38(25-13-5-2-6-14-25)42-39(41-37)32-23-27(22-31-29-16-8-10-18-34(29)44-36(31)32)26-19-20-35-30(21-26)28-15-7-9-17-33(28)43-35/h1-23H. The fourth-order valence-corrected chi connectivity index (χ4v) is 5.99. The van der Waals surface area contributed by atoms with Gasteiger partial charge in [-0.15, -0.1) is 0 Å². The third-order valence-electron chi connectivity index (χ3n) is 8.13. The average Bonchev–Trinajstić information content (AvgIpc) is 3.66. The van der Waals surface area contributed by atoms with E-state index in [2.05, 4.69) is 36.4 Å². The number of para-hydroxylation sites is 2. The van der Waals surface area contributed by atoms with Crippen LogP contribution in [0.5, 0.6) is 0 Å². The van der Waals surface area contributed by atoms with Gasteiger partial charge >= 0.3 is 0 Å². The second-order valence-electron chi connectivity index (χ2n) is 10.8. The Morgan fingerprint density at radius 2 is 0.864 bits per heavy atom. The first-order valence-electron chi connectivity index (χ1n) is 14.5. The maximum Gasteiger partial charge on any atom is 0.167 e. The quantitative estimate of drug-likeness (QED) is 0.212. The van der Waals surface area contributed by atoms with Crippen LogP contribution in [0.3, 0.4) is 0 Å². The lowest BCUT2D eigenvalue weighted by Gasteiger charge is -2.10. The van der Waals surface area contributed by atoms with Crippen molar-refractivity contribution in [1.82, 2.24) is 15.0 Å². The summed E-state index contributed by atoms with van der Waals surface area (Å²) in [6.45, 7) is 0. The molecule has 0 unspecified atom stereocenters. The third-order valence-corrected chi connectivity index (χ3v) is 8.13. The van der Waals surface area contributed by atoms with Crippen LogP contribution in [0.15, 0.2) is 148 Å². The van der Waals surface area contributed by atoms with E-state index in [9.17, 15) is 0 Å². The van der Waals surface area contributed by atoms with Gasteiger partial charge in [0.1, 0.15) is 22.3 Å². The molecule has 0 amide bonds. The van der Waals surface area contributed by atoms with E-state index in [1.807, 2.05) is 103 Å². The SMILES string of the molecule is c1ccc(-c2nc(-c3ccccc3)nc(-c3cc(-c4ccc5oc6ccccc6c5c4)cc4c3oc3ccccc34)n2)cc1. The van der Waals surface area contributed by atoms with Crippen LogP contribution in [0.1, 0.15) is 0 Å². The lowest BCUT2D eigenvalue weighted by molar-refractivity contribution is 0.668. The largest absolute Gasteiger partial charge is 0.456 e. The topological polar surface area (TPSA) is 65.0 Å². The van der Waals surface area contributed by atoms with Gasteiger partial charge in [0, 0.05) is 32.7 Å². The maximum absolute atomic E-state index is 6.52. The predicted molar refractivity (Wildman–Crippen MR) is 176 cm³/mol. The summed E-state index contributed by atoms with van der Waals surface area (Å²) in [5, 5.41) is 4.22. The fourth-order valence-electron chi connectivity index (χ4n) is 5.99. The maximum atomic E-state index is 6.52. The van der Waals surface area contributed by atoms with E-state index >= 15 is 0 Å². The predicted octanol–water partition coefficient (Wildman–Crippen LogP) is 10.3. The summed E-state index contributed by atoms with van der Waals surface area (Å²) in [7, 11) is 0. The molecule has 5 nitrogen and oxygen atoms in total. The Balaban J connectivity index is 1.33. The molecule has 0 saturated heterocycles. The average molecular weight is 566 g/mol. The van der Waals surface area contributed by atoms with Crippen molar-refractivity contribution >= 4 is 43.9 Å². The van der Waals surface area contributed by atoms with Gasteiger partial charge in [0.15, 0.2) is 17.5 Å². The van der Waals surface area contributed by atoms with Gasteiger partial charge in [0.2, 0.25) is 0 Å². The Hall–Kier alpha value is -6.07.